The van der Waals surface area contributed by atoms with Crippen LogP contribution >= 0.6 is 0 Å². The van der Waals surface area contributed by atoms with Gasteiger partial charge in [-0.25, -0.2) is 0 Å². The summed E-state index contributed by atoms with van der Waals surface area (Å²) in [4.78, 5) is 24.6. The van der Waals surface area contributed by atoms with Gasteiger partial charge in [-0.3, -0.25) is 9.59 Å². The van der Waals surface area contributed by atoms with Gasteiger partial charge in [0.05, 0.1) is 25.4 Å². The van der Waals surface area contributed by atoms with E-state index in [0.29, 0.717) is 25.9 Å². The first-order valence-corrected chi connectivity index (χ1v) is 36.1. The van der Waals surface area contributed by atoms with Crippen LogP contribution in [0.4, 0.5) is 0 Å². The molecule has 0 spiro atoms. The van der Waals surface area contributed by atoms with Gasteiger partial charge in [-0.05, 0) is 57.8 Å². The standard InChI is InChI=1S/C73H141NO5/c1-3-5-7-9-11-13-15-17-19-35-39-43-47-51-55-59-63-67-73(78)79-68-64-60-56-52-48-44-40-37-34-32-30-28-26-24-22-20-21-23-25-27-29-31-33-36-38-42-46-50-54-58-62-66-72(77)74-70(69-75)71(76)65-61-57-53-49-45-41-18-16-14-12-10-8-6-4-2/h11,13,17,19,70-71,75-76H,3-10,12,14-16,18,20-69H2,1-2H3,(H,74,77)/b13-11-,19-17-. The molecule has 0 aromatic heterocycles. The molecular weight excluding hydrogens is 971 g/mol. The molecule has 0 saturated heterocycles. The molecule has 1 amide bonds. The van der Waals surface area contributed by atoms with Crippen LogP contribution in [-0.4, -0.2) is 47.4 Å². The van der Waals surface area contributed by atoms with Gasteiger partial charge in [-0.15, -0.1) is 0 Å². The lowest BCUT2D eigenvalue weighted by Gasteiger charge is -2.22. The molecule has 6 nitrogen and oxygen atoms in total. The summed E-state index contributed by atoms with van der Waals surface area (Å²) >= 11 is 0. The lowest BCUT2D eigenvalue weighted by Crippen LogP contribution is -2.45. The Labute approximate surface area is 494 Å². The minimum Gasteiger partial charge on any atom is -0.466 e. The second-order valence-electron chi connectivity index (χ2n) is 24.9. The van der Waals surface area contributed by atoms with Crippen molar-refractivity contribution in [2.24, 2.45) is 0 Å². The monoisotopic (exact) mass is 1110 g/mol. The summed E-state index contributed by atoms with van der Waals surface area (Å²) in [5.74, 6) is -0.0145. The van der Waals surface area contributed by atoms with Gasteiger partial charge < -0.3 is 20.3 Å². The largest absolute Gasteiger partial charge is 0.466 e. The zero-order valence-corrected chi connectivity index (χ0v) is 53.6. The van der Waals surface area contributed by atoms with Crippen LogP contribution in [0.2, 0.25) is 0 Å². The quantitative estimate of drug-likeness (QED) is 0.0320. The second kappa shape index (κ2) is 68.8. The molecule has 0 aliphatic heterocycles. The van der Waals surface area contributed by atoms with E-state index in [0.717, 1.165) is 51.4 Å². The highest BCUT2D eigenvalue weighted by atomic mass is 16.5. The molecule has 0 rings (SSSR count). The fraction of sp³-hybridized carbons (Fsp3) is 0.918. The minimum absolute atomic E-state index is 0.0136. The van der Waals surface area contributed by atoms with Gasteiger partial charge >= 0.3 is 5.97 Å². The zero-order chi connectivity index (χ0) is 57.1. The number of ether oxygens (including phenoxy) is 1. The molecular formula is C73H141NO5. The van der Waals surface area contributed by atoms with E-state index in [2.05, 4.69) is 43.5 Å². The number of hydrogen-bond donors (Lipinski definition) is 3. The minimum atomic E-state index is -0.660. The van der Waals surface area contributed by atoms with Crippen molar-refractivity contribution >= 4 is 11.9 Å². The maximum absolute atomic E-state index is 12.5. The van der Waals surface area contributed by atoms with Crippen LogP contribution < -0.4 is 5.32 Å². The van der Waals surface area contributed by atoms with E-state index in [1.165, 1.54) is 321 Å². The van der Waals surface area contributed by atoms with Crippen molar-refractivity contribution in [3.05, 3.63) is 24.3 Å². The lowest BCUT2D eigenvalue weighted by molar-refractivity contribution is -0.143. The summed E-state index contributed by atoms with van der Waals surface area (Å²) in [7, 11) is 0. The molecule has 0 radical (unpaired) electrons. The first kappa shape index (κ1) is 77.3. The fourth-order valence-electron chi connectivity index (χ4n) is 11.5. The maximum atomic E-state index is 12.5. The number of allylic oxidation sites excluding steroid dienone is 4. The van der Waals surface area contributed by atoms with Gasteiger partial charge in [0.1, 0.15) is 0 Å². The van der Waals surface area contributed by atoms with Crippen molar-refractivity contribution in [2.45, 2.75) is 418 Å². The summed E-state index contributed by atoms with van der Waals surface area (Å²) in [5.41, 5.74) is 0. The Morgan fingerprint density at radius 3 is 0.987 bits per heavy atom. The zero-order valence-electron chi connectivity index (χ0n) is 53.6. The molecule has 468 valence electrons. The molecule has 0 fully saturated rings. The fourth-order valence-corrected chi connectivity index (χ4v) is 11.5. The van der Waals surface area contributed by atoms with Crippen molar-refractivity contribution in [3.8, 4) is 0 Å². The second-order valence-corrected chi connectivity index (χ2v) is 24.9. The van der Waals surface area contributed by atoms with Crippen molar-refractivity contribution < 1.29 is 24.5 Å². The van der Waals surface area contributed by atoms with Crippen LogP contribution in [-0.2, 0) is 14.3 Å². The number of amides is 1. The Balaban J connectivity index is 3.31. The molecule has 2 unspecified atom stereocenters. The third kappa shape index (κ3) is 65.4. The smallest absolute Gasteiger partial charge is 0.305 e. The number of carbonyl (C=O) groups is 2. The summed E-state index contributed by atoms with van der Waals surface area (Å²) in [6.07, 6.45) is 86.7. The number of nitrogens with one attached hydrogen (secondary N) is 1. The van der Waals surface area contributed by atoms with Crippen molar-refractivity contribution in [3.63, 3.8) is 0 Å². The van der Waals surface area contributed by atoms with Crippen LogP contribution in [0, 0.1) is 0 Å². The highest BCUT2D eigenvalue weighted by Gasteiger charge is 2.20. The summed E-state index contributed by atoms with van der Waals surface area (Å²) in [5, 5.41) is 23.3. The van der Waals surface area contributed by atoms with E-state index in [9.17, 15) is 19.8 Å². The third-order valence-electron chi connectivity index (χ3n) is 17.0. The molecule has 0 aliphatic carbocycles. The van der Waals surface area contributed by atoms with Crippen molar-refractivity contribution in [1.29, 1.82) is 0 Å². The number of rotatable bonds is 68. The molecule has 6 heteroatoms. The number of unbranched alkanes of at least 4 members (excludes halogenated alkanes) is 53. The summed E-state index contributed by atoms with van der Waals surface area (Å²) < 4.78 is 5.50. The molecule has 0 heterocycles. The Bertz CT molecular complexity index is 1230. The topological polar surface area (TPSA) is 95.9 Å². The Kier molecular flexibility index (Phi) is 67.4. The number of carbonyl (C=O) groups excluding carboxylic acids is 2. The molecule has 79 heavy (non-hydrogen) atoms. The highest BCUT2D eigenvalue weighted by molar-refractivity contribution is 5.76. The van der Waals surface area contributed by atoms with E-state index in [1.54, 1.807) is 0 Å². The maximum Gasteiger partial charge on any atom is 0.305 e. The third-order valence-corrected chi connectivity index (χ3v) is 17.0. The van der Waals surface area contributed by atoms with Gasteiger partial charge in [-0.1, -0.05) is 359 Å². The number of aliphatic hydroxyl groups excluding tert-OH is 2. The molecule has 2 atom stereocenters. The van der Waals surface area contributed by atoms with Gasteiger partial charge in [0.25, 0.3) is 0 Å². The predicted octanol–water partition coefficient (Wildman–Crippen LogP) is 23.3. The highest BCUT2D eigenvalue weighted by Crippen LogP contribution is 2.19. The van der Waals surface area contributed by atoms with E-state index >= 15 is 0 Å². The Morgan fingerprint density at radius 2 is 0.633 bits per heavy atom. The number of hydrogen-bond acceptors (Lipinski definition) is 5. The molecule has 0 aliphatic rings. The average Bonchev–Trinajstić information content (AvgIpc) is 3.45. The van der Waals surface area contributed by atoms with Crippen LogP contribution in [0.25, 0.3) is 0 Å². The van der Waals surface area contributed by atoms with Crippen LogP contribution in [0.3, 0.4) is 0 Å². The molecule has 0 saturated carbocycles. The van der Waals surface area contributed by atoms with Gasteiger partial charge in [-0.2, -0.15) is 0 Å². The van der Waals surface area contributed by atoms with Crippen LogP contribution in [0.15, 0.2) is 24.3 Å². The van der Waals surface area contributed by atoms with Crippen LogP contribution in [0.5, 0.6) is 0 Å². The summed E-state index contributed by atoms with van der Waals surface area (Å²) in [6.45, 7) is 4.96. The van der Waals surface area contributed by atoms with Crippen molar-refractivity contribution in [2.75, 3.05) is 13.2 Å². The van der Waals surface area contributed by atoms with E-state index in [1.807, 2.05) is 0 Å². The van der Waals surface area contributed by atoms with Crippen molar-refractivity contribution in [1.82, 2.24) is 5.32 Å². The van der Waals surface area contributed by atoms with Gasteiger partial charge in [0.2, 0.25) is 5.91 Å². The number of aliphatic hydroxyl groups is 2. The van der Waals surface area contributed by atoms with Crippen LogP contribution in [0.1, 0.15) is 406 Å². The predicted molar refractivity (Wildman–Crippen MR) is 347 cm³/mol. The number of esters is 1. The first-order valence-electron chi connectivity index (χ1n) is 36.1. The Morgan fingerprint density at radius 1 is 0.354 bits per heavy atom. The van der Waals surface area contributed by atoms with E-state index in [-0.39, 0.29) is 18.5 Å². The Hall–Kier alpha value is -1.66. The normalized spacial score (nSPS) is 12.6. The molecule has 3 N–H and O–H groups in total. The molecule has 0 aromatic carbocycles. The molecule has 0 bridgehead atoms. The van der Waals surface area contributed by atoms with Gasteiger partial charge in [0.15, 0.2) is 0 Å². The lowest BCUT2D eigenvalue weighted by atomic mass is 10.0. The van der Waals surface area contributed by atoms with E-state index in [4.69, 9.17) is 4.74 Å². The average molecular weight is 1110 g/mol. The first-order chi connectivity index (χ1) is 39.0. The van der Waals surface area contributed by atoms with E-state index < -0.39 is 12.1 Å². The molecule has 0 aromatic rings. The SMILES string of the molecule is CCCCC/C=C\C/C=C\CCCCCCCCCC(=O)OCCCCCCCCCCCCCCCCCCCCCCCCCCCCCCCCCC(=O)NC(CO)C(O)CCCCCCCCCCCCCCCC. The summed E-state index contributed by atoms with van der Waals surface area (Å²) in [6, 6.07) is -0.537. The van der Waals surface area contributed by atoms with Gasteiger partial charge in [0, 0.05) is 12.8 Å².